The smallest absolute Gasteiger partial charge is 0.123 e. The standard InChI is InChI=1S/C14H14BrN3O/c1-19-14-10-12(15)3-2-11(14)4-9-17-18-13-5-7-16-8-6-13/h2-3,5-10H,4H2,1H3,(H,16,18). The number of nitrogens with one attached hydrogen (secondary N) is 1. The molecule has 0 radical (unpaired) electrons. The fourth-order valence-electron chi connectivity index (χ4n) is 1.58. The van der Waals surface area contributed by atoms with Gasteiger partial charge in [-0.15, -0.1) is 0 Å². The molecule has 1 N–H and O–H groups in total. The number of methoxy groups -OCH3 is 1. The zero-order valence-electron chi connectivity index (χ0n) is 10.5. The Morgan fingerprint density at radius 1 is 1.32 bits per heavy atom. The van der Waals surface area contributed by atoms with E-state index in [0.29, 0.717) is 6.42 Å². The molecule has 0 bridgehead atoms. The first kappa shape index (κ1) is 13.5. The van der Waals surface area contributed by atoms with E-state index < -0.39 is 0 Å². The van der Waals surface area contributed by atoms with Gasteiger partial charge in [0.1, 0.15) is 5.75 Å². The maximum Gasteiger partial charge on any atom is 0.123 e. The summed E-state index contributed by atoms with van der Waals surface area (Å²) in [4.78, 5) is 3.94. The molecule has 0 unspecified atom stereocenters. The normalized spacial score (nSPS) is 10.6. The lowest BCUT2D eigenvalue weighted by molar-refractivity contribution is 0.411. The van der Waals surface area contributed by atoms with Crippen molar-refractivity contribution in [2.24, 2.45) is 5.10 Å². The topological polar surface area (TPSA) is 46.5 Å². The number of halogens is 1. The molecule has 2 aromatic rings. The van der Waals surface area contributed by atoms with Crippen molar-refractivity contribution in [1.29, 1.82) is 0 Å². The minimum Gasteiger partial charge on any atom is -0.496 e. The highest BCUT2D eigenvalue weighted by Crippen LogP contribution is 2.23. The van der Waals surface area contributed by atoms with Crippen LogP contribution in [0.3, 0.4) is 0 Å². The third kappa shape index (κ3) is 4.06. The number of aromatic nitrogens is 1. The molecule has 0 aliphatic heterocycles. The van der Waals surface area contributed by atoms with Crippen molar-refractivity contribution in [3.05, 3.63) is 52.8 Å². The van der Waals surface area contributed by atoms with Gasteiger partial charge in [-0.05, 0) is 29.8 Å². The molecule has 1 heterocycles. The fourth-order valence-corrected chi connectivity index (χ4v) is 1.92. The molecule has 0 aliphatic carbocycles. The molecule has 0 spiro atoms. The number of ether oxygens (including phenoxy) is 1. The molecule has 19 heavy (non-hydrogen) atoms. The van der Waals surface area contributed by atoms with Crippen molar-refractivity contribution in [1.82, 2.24) is 4.98 Å². The molecule has 0 atom stereocenters. The summed E-state index contributed by atoms with van der Waals surface area (Å²) < 4.78 is 6.32. The van der Waals surface area contributed by atoms with E-state index in [2.05, 4.69) is 31.4 Å². The molecule has 0 amide bonds. The Labute approximate surface area is 120 Å². The van der Waals surface area contributed by atoms with Gasteiger partial charge in [-0.25, -0.2) is 0 Å². The Morgan fingerprint density at radius 2 is 2.11 bits per heavy atom. The summed E-state index contributed by atoms with van der Waals surface area (Å²) in [5.74, 6) is 0.852. The number of hydrogen-bond acceptors (Lipinski definition) is 4. The summed E-state index contributed by atoms with van der Waals surface area (Å²) in [6, 6.07) is 9.66. The monoisotopic (exact) mass is 319 g/mol. The quantitative estimate of drug-likeness (QED) is 0.677. The first-order valence-electron chi connectivity index (χ1n) is 5.79. The second-order valence-corrected chi connectivity index (χ2v) is 4.74. The Bertz CT molecular complexity index is 558. The average Bonchev–Trinajstić information content (AvgIpc) is 2.46. The third-order valence-electron chi connectivity index (χ3n) is 2.53. The van der Waals surface area contributed by atoms with Crippen LogP contribution in [-0.4, -0.2) is 18.3 Å². The lowest BCUT2D eigenvalue weighted by Crippen LogP contribution is -1.95. The van der Waals surface area contributed by atoms with E-state index in [4.69, 9.17) is 4.74 Å². The molecular weight excluding hydrogens is 306 g/mol. The van der Waals surface area contributed by atoms with Crippen molar-refractivity contribution in [3.63, 3.8) is 0 Å². The van der Waals surface area contributed by atoms with E-state index in [1.54, 1.807) is 19.5 Å². The molecule has 4 nitrogen and oxygen atoms in total. The van der Waals surface area contributed by atoms with Gasteiger partial charge in [0.2, 0.25) is 0 Å². The number of benzene rings is 1. The number of anilines is 1. The summed E-state index contributed by atoms with van der Waals surface area (Å²) in [6.45, 7) is 0. The van der Waals surface area contributed by atoms with E-state index in [9.17, 15) is 0 Å². The van der Waals surface area contributed by atoms with Gasteiger partial charge in [0.15, 0.2) is 0 Å². The number of rotatable bonds is 5. The maximum atomic E-state index is 5.32. The summed E-state index contributed by atoms with van der Waals surface area (Å²) in [5.41, 5.74) is 4.94. The second-order valence-electron chi connectivity index (χ2n) is 3.82. The molecule has 2 rings (SSSR count). The van der Waals surface area contributed by atoms with Crippen LogP contribution in [0.2, 0.25) is 0 Å². The molecular formula is C14H14BrN3O. The van der Waals surface area contributed by atoms with Gasteiger partial charge in [0.25, 0.3) is 0 Å². The average molecular weight is 320 g/mol. The maximum absolute atomic E-state index is 5.32. The van der Waals surface area contributed by atoms with Crippen LogP contribution in [0.4, 0.5) is 5.69 Å². The van der Waals surface area contributed by atoms with Crippen LogP contribution < -0.4 is 10.2 Å². The predicted octanol–water partition coefficient (Wildman–Crippen LogP) is 3.49. The van der Waals surface area contributed by atoms with Crippen LogP contribution in [-0.2, 0) is 6.42 Å². The van der Waals surface area contributed by atoms with Crippen molar-refractivity contribution in [3.8, 4) is 5.75 Å². The Hall–Kier alpha value is -1.88. The van der Waals surface area contributed by atoms with E-state index in [1.807, 2.05) is 36.5 Å². The van der Waals surface area contributed by atoms with Crippen LogP contribution in [0.1, 0.15) is 5.56 Å². The largest absolute Gasteiger partial charge is 0.496 e. The highest BCUT2D eigenvalue weighted by molar-refractivity contribution is 9.10. The molecule has 0 fully saturated rings. The fraction of sp³-hybridized carbons (Fsp3) is 0.143. The van der Waals surface area contributed by atoms with E-state index in [1.165, 1.54) is 0 Å². The Morgan fingerprint density at radius 3 is 2.84 bits per heavy atom. The first-order valence-corrected chi connectivity index (χ1v) is 6.59. The zero-order chi connectivity index (χ0) is 13.5. The van der Waals surface area contributed by atoms with Crippen LogP contribution in [0.15, 0.2) is 52.3 Å². The molecule has 0 saturated carbocycles. The minimum absolute atomic E-state index is 0.703. The van der Waals surface area contributed by atoms with Crippen LogP contribution in [0, 0.1) is 0 Å². The van der Waals surface area contributed by atoms with Gasteiger partial charge in [-0.1, -0.05) is 22.0 Å². The second kappa shape index (κ2) is 6.89. The molecule has 0 aliphatic rings. The third-order valence-corrected chi connectivity index (χ3v) is 3.02. The van der Waals surface area contributed by atoms with Crippen molar-refractivity contribution < 1.29 is 4.74 Å². The van der Waals surface area contributed by atoms with Crippen LogP contribution in [0.25, 0.3) is 0 Å². The molecule has 98 valence electrons. The van der Waals surface area contributed by atoms with Crippen LogP contribution >= 0.6 is 15.9 Å². The summed E-state index contributed by atoms with van der Waals surface area (Å²) in [6.07, 6.45) is 5.95. The van der Waals surface area contributed by atoms with Gasteiger partial charge >= 0.3 is 0 Å². The van der Waals surface area contributed by atoms with Crippen LogP contribution in [0.5, 0.6) is 5.75 Å². The van der Waals surface area contributed by atoms with Gasteiger partial charge in [-0.2, -0.15) is 5.10 Å². The lowest BCUT2D eigenvalue weighted by Gasteiger charge is -2.06. The first-order chi connectivity index (χ1) is 9.29. The Kier molecular flexibility index (Phi) is 4.92. The van der Waals surface area contributed by atoms with E-state index >= 15 is 0 Å². The van der Waals surface area contributed by atoms with Crippen molar-refractivity contribution >= 4 is 27.8 Å². The van der Waals surface area contributed by atoms with Crippen molar-refractivity contribution in [2.75, 3.05) is 12.5 Å². The minimum atomic E-state index is 0.703. The molecule has 1 aromatic carbocycles. The van der Waals surface area contributed by atoms with Crippen molar-refractivity contribution in [2.45, 2.75) is 6.42 Å². The highest BCUT2D eigenvalue weighted by atomic mass is 79.9. The highest BCUT2D eigenvalue weighted by Gasteiger charge is 2.01. The van der Waals surface area contributed by atoms with Gasteiger partial charge in [0.05, 0.1) is 12.8 Å². The lowest BCUT2D eigenvalue weighted by atomic mass is 10.1. The van der Waals surface area contributed by atoms with E-state index in [-0.39, 0.29) is 0 Å². The predicted molar refractivity (Wildman–Crippen MR) is 80.7 cm³/mol. The molecule has 0 saturated heterocycles. The number of hydrazone groups is 1. The van der Waals surface area contributed by atoms with Gasteiger partial charge in [0, 0.05) is 29.5 Å². The zero-order valence-corrected chi connectivity index (χ0v) is 12.1. The van der Waals surface area contributed by atoms with Gasteiger partial charge < -0.3 is 4.74 Å². The summed E-state index contributed by atoms with van der Waals surface area (Å²) in [5, 5.41) is 4.16. The van der Waals surface area contributed by atoms with E-state index in [0.717, 1.165) is 21.5 Å². The summed E-state index contributed by atoms with van der Waals surface area (Å²) in [7, 11) is 1.66. The molecule has 1 aromatic heterocycles. The number of nitrogens with zero attached hydrogens (tertiary/aromatic N) is 2. The number of pyridine rings is 1. The SMILES string of the molecule is COc1cc(Br)ccc1CC=NNc1ccncc1. The number of hydrogen-bond donors (Lipinski definition) is 1. The molecule has 5 heteroatoms. The summed E-state index contributed by atoms with van der Waals surface area (Å²) >= 11 is 3.42. The Balaban J connectivity index is 1.95. The van der Waals surface area contributed by atoms with Gasteiger partial charge in [-0.3, -0.25) is 10.4 Å².